The Kier molecular flexibility index (Phi) is 7.09. The molecule has 0 radical (unpaired) electrons. The van der Waals surface area contributed by atoms with E-state index in [0.29, 0.717) is 32.7 Å². The number of hydrogen-bond acceptors (Lipinski definition) is 4. The largest absolute Gasteiger partial charge is 0.341 e. The summed E-state index contributed by atoms with van der Waals surface area (Å²) in [4.78, 5) is 42.0. The van der Waals surface area contributed by atoms with Crippen molar-refractivity contribution < 1.29 is 14.4 Å². The van der Waals surface area contributed by atoms with Crippen molar-refractivity contribution >= 4 is 23.5 Å². The summed E-state index contributed by atoms with van der Waals surface area (Å²) in [5.41, 5.74) is 1.92. The molecule has 0 unspecified atom stereocenters. The average molecular weight is 402 g/mol. The lowest BCUT2D eigenvalue weighted by Gasteiger charge is -2.36. The number of amides is 4. The topological polar surface area (TPSA) is 85.0 Å². The number of piperazine rings is 1. The van der Waals surface area contributed by atoms with Crippen molar-refractivity contribution in [1.29, 1.82) is 0 Å². The fourth-order valence-electron chi connectivity index (χ4n) is 3.77. The van der Waals surface area contributed by atoms with Crippen molar-refractivity contribution in [2.24, 2.45) is 0 Å². The summed E-state index contributed by atoms with van der Waals surface area (Å²) in [5.74, 6) is 0.223. The van der Waals surface area contributed by atoms with Crippen LogP contribution in [0.4, 0.5) is 10.5 Å². The summed E-state index contributed by atoms with van der Waals surface area (Å²) in [6.45, 7) is 8.15. The first-order chi connectivity index (χ1) is 13.9. The van der Waals surface area contributed by atoms with Crippen molar-refractivity contribution in [2.45, 2.75) is 32.7 Å². The summed E-state index contributed by atoms with van der Waals surface area (Å²) in [5, 5.41) is 5.85. The maximum absolute atomic E-state index is 12.6. The van der Waals surface area contributed by atoms with E-state index < -0.39 is 0 Å². The maximum Gasteiger partial charge on any atom is 0.319 e. The highest BCUT2D eigenvalue weighted by Crippen LogP contribution is 2.13. The van der Waals surface area contributed by atoms with Gasteiger partial charge in [0.25, 0.3) is 0 Å². The van der Waals surface area contributed by atoms with Gasteiger partial charge >= 0.3 is 6.03 Å². The van der Waals surface area contributed by atoms with Crippen LogP contribution in [0.2, 0.25) is 0 Å². The summed E-state index contributed by atoms with van der Waals surface area (Å²) in [6, 6.07) is 7.55. The van der Waals surface area contributed by atoms with Gasteiger partial charge in [-0.3, -0.25) is 14.5 Å². The van der Waals surface area contributed by atoms with Crippen LogP contribution in [0.3, 0.4) is 0 Å². The van der Waals surface area contributed by atoms with Gasteiger partial charge in [0.05, 0.1) is 6.54 Å². The van der Waals surface area contributed by atoms with Crippen LogP contribution in [0.15, 0.2) is 24.3 Å². The third-order valence-corrected chi connectivity index (χ3v) is 5.67. The minimum absolute atomic E-state index is 0.0728. The SMILES string of the molecule is CC(=O)N1CCN(CC(=O)N2CCC(NC(=O)Nc3ccc(C)cc3)CC2)CC1. The van der Waals surface area contributed by atoms with E-state index >= 15 is 0 Å². The number of likely N-dealkylation sites (tertiary alicyclic amines) is 1. The maximum atomic E-state index is 12.6. The van der Waals surface area contributed by atoms with Crippen molar-refractivity contribution in [3.05, 3.63) is 29.8 Å². The molecule has 2 fully saturated rings. The van der Waals surface area contributed by atoms with Crippen molar-refractivity contribution in [2.75, 3.05) is 51.1 Å². The van der Waals surface area contributed by atoms with Crippen molar-refractivity contribution in [3.8, 4) is 0 Å². The van der Waals surface area contributed by atoms with Gasteiger partial charge in [0.15, 0.2) is 0 Å². The molecular weight excluding hydrogens is 370 g/mol. The molecule has 2 aliphatic heterocycles. The van der Waals surface area contributed by atoms with Gasteiger partial charge in [-0.25, -0.2) is 4.79 Å². The number of piperidine rings is 1. The van der Waals surface area contributed by atoms with E-state index in [2.05, 4.69) is 15.5 Å². The first-order valence-corrected chi connectivity index (χ1v) is 10.3. The van der Waals surface area contributed by atoms with Gasteiger partial charge in [-0.15, -0.1) is 0 Å². The molecule has 2 N–H and O–H groups in total. The monoisotopic (exact) mass is 401 g/mol. The summed E-state index contributed by atoms with van der Waals surface area (Å²) in [6.07, 6.45) is 1.51. The van der Waals surface area contributed by atoms with Gasteiger partial charge in [0.1, 0.15) is 0 Å². The van der Waals surface area contributed by atoms with E-state index in [0.717, 1.165) is 37.2 Å². The minimum Gasteiger partial charge on any atom is -0.341 e. The normalized spacial score (nSPS) is 18.4. The highest BCUT2D eigenvalue weighted by Gasteiger charge is 2.26. The van der Waals surface area contributed by atoms with Gasteiger partial charge in [-0.2, -0.15) is 0 Å². The van der Waals surface area contributed by atoms with E-state index in [-0.39, 0.29) is 23.9 Å². The van der Waals surface area contributed by atoms with Crippen LogP contribution in [0, 0.1) is 6.92 Å². The molecule has 0 spiro atoms. The summed E-state index contributed by atoms with van der Waals surface area (Å²) >= 11 is 0. The molecule has 4 amide bonds. The second-order valence-electron chi connectivity index (χ2n) is 7.90. The Bertz CT molecular complexity index is 720. The molecule has 0 atom stereocenters. The van der Waals surface area contributed by atoms with E-state index in [4.69, 9.17) is 0 Å². The second-order valence-corrected chi connectivity index (χ2v) is 7.90. The molecule has 3 rings (SSSR count). The molecule has 2 heterocycles. The lowest BCUT2D eigenvalue weighted by Crippen LogP contribution is -2.53. The third-order valence-electron chi connectivity index (χ3n) is 5.67. The fraction of sp³-hybridized carbons (Fsp3) is 0.571. The molecule has 8 heteroatoms. The van der Waals surface area contributed by atoms with Gasteiger partial charge in [0, 0.05) is 57.9 Å². The zero-order chi connectivity index (χ0) is 20.8. The molecule has 29 heavy (non-hydrogen) atoms. The quantitative estimate of drug-likeness (QED) is 0.796. The van der Waals surface area contributed by atoms with Crippen LogP contribution in [0.5, 0.6) is 0 Å². The molecule has 0 aromatic heterocycles. The number of anilines is 1. The molecule has 0 saturated carbocycles. The van der Waals surface area contributed by atoms with Crippen molar-refractivity contribution in [3.63, 3.8) is 0 Å². The molecule has 2 aliphatic rings. The van der Waals surface area contributed by atoms with E-state index in [1.165, 1.54) is 0 Å². The van der Waals surface area contributed by atoms with Crippen molar-refractivity contribution in [1.82, 2.24) is 20.0 Å². The average Bonchev–Trinajstić information content (AvgIpc) is 2.70. The number of nitrogens with zero attached hydrogens (tertiary/aromatic N) is 3. The van der Waals surface area contributed by atoms with E-state index in [9.17, 15) is 14.4 Å². The number of benzene rings is 1. The van der Waals surface area contributed by atoms with Crippen LogP contribution in [0.1, 0.15) is 25.3 Å². The minimum atomic E-state index is -0.207. The number of hydrogen-bond donors (Lipinski definition) is 2. The molecule has 158 valence electrons. The summed E-state index contributed by atoms with van der Waals surface area (Å²) in [7, 11) is 0. The van der Waals surface area contributed by atoms with E-state index in [1.807, 2.05) is 41.0 Å². The fourth-order valence-corrected chi connectivity index (χ4v) is 3.77. The zero-order valence-corrected chi connectivity index (χ0v) is 17.3. The highest BCUT2D eigenvalue weighted by molar-refractivity contribution is 5.89. The number of rotatable bonds is 4. The lowest BCUT2D eigenvalue weighted by molar-refractivity contribution is -0.135. The molecule has 0 bridgehead atoms. The molecule has 2 saturated heterocycles. The first-order valence-electron chi connectivity index (χ1n) is 10.3. The highest BCUT2D eigenvalue weighted by atomic mass is 16.2. The predicted octanol–water partition coefficient (Wildman–Crippen LogP) is 1.27. The predicted molar refractivity (Wildman–Crippen MR) is 112 cm³/mol. The molecule has 0 aliphatic carbocycles. The number of nitrogens with one attached hydrogen (secondary N) is 2. The Morgan fingerprint density at radius 1 is 0.931 bits per heavy atom. The Morgan fingerprint density at radius 3 is 2.14 bits per heavy atom. The van der Waals surface area contributed by atoms with Gasteiger partial charge < -0.3 is 20.4 Å². The van der Waals surface area contributed by atoms with Gasteiger partial charge in [-0.05, 0) is 31.9 Å². The van der Waals surface area contributed by atoms with Crippen LogP contribution < -0.4 is 10.6 Å². The Balaban J connectivity index is 1.36. The number of aryl methyl sites for hydroxylation is 1. The molecule has 1 aromatic carbocycles. The Labute approximate surface area is 172 Å². The van der Waals surface area contributed by atoms with Crippen LogP contribution in [-0.2, 0) is 9.59 Å². The lowest BCUT2D eigenvalue weighted by atomic mass is 10.1. The first kappa shape index (κ1) is 21.1. The number of carbonyl (C=O) groups excluding carboxylic acids is 3. The van der Waals surface area contributed by atoms with E-state index in [1.54, 1.807) is 6.92 Å². The molecular formula is C21H31N5O3. The van der Waals surface area contributed by atoms with Crippen LogP contribution in [-0.4, -0.2) is 84.4 Å². The second kappa shape index (κ2) is 9.73. The van der Waals surface area contributed by atoms with Crippen LogP contribution in [0.25, 0.3) is 0 Å². The van der Waals surface area contributed by atoms with Gasteiger partial charge in [-0.1, -0.05) is 17.7 Å². The van der Waals surface area contributed by atoms with Crippen LogP contribution >= 0.6 is 0 Å². The number of carbonyl (C=O) groups is 3. The Morgan fingerprint density at radius 2 is 1.55 bits per heavy atom. The smallest absolute Gasteiger partial charge is 0.319 e. The summed E-state index contributed by atoms with van der Waals surface area (Å²) < 4.78 is 0. The third kappa shape index (κ3) is 6.19. The Hall–Kier alpha value is -2.61. The van der Waals surface area contributed by atoms with Gasteiger partial charge in [0.2, 0.25) is 11.8 Å². The zero-order valence-electron chi connectivity index (χ0n) is 17.3. The molecule has 8 nitrogen and oxygen atoms in total. The standard InChI is InChI=1S/C21H31N5O3/c1-16-3-5-18(6-4-16)22-21(29)23-19-7-9-26(10-8-19)20(28)15-24-11-13-25(14-12-24)17(2)27/h3-6,19H,7-15H2,1-2H3,(H2,22,23,29). The molecule has 1 aromatic rings. The number of urea groups is 1.